The van der Waals surface area contributed by atoms with Gasteiger partial charge in [-0.15, -0.1) is 0 Å². The topological polar surface area (TPSA) is 62.4 Å². The molecular weight excluding hydrogens is 452 g/mol. The zero-order valence-corrected chi connectivity index (χ0v) is 17.8. The molecule has 1 amide bonds. The van der Waals surface area contributed by atoms with E-state index in [2.05, 4.69) is 16.0 Å². The quantitative estimate of drug-likeness (QED) is 0.337. The third-order valence-corrected chi connectivity index (χ3v) is 4.56. The lowest BCUT2D eigenvalue weighted by atomic mass is 10.2. The van der Waals surface area contributed by atoms with Gasteiger partial charge in [-0.25, -0.2) is 0 Å². The number of methoxy groups -OCH3 is 1. The van der Waals surface area contributed by atoms with Crippen LogP contribution in [0.1, 0.15) is 10.4 Å². The van der Waals surface area contributed by atoms with Gasteiger partial charge in [0.2, 0.25) is 3.79 Å². The summed E-state index contributed by atoms with van der Waals surface area (Å²) < 4.78 is 3.36. The Morgan fingerprint density at radius 2 is 1.70 bits per heavy atom. The Kier molecular flexibility index (Phi) is 7.82. The molecule has 0 bridgehead atoms. The van der Waals surface area contributed by atoms with Gasteiger partial charge in [0.1, 0.15) is 11.9 Å². The monoisotopic (exact) mass is 465 g/mol. The molecule has 5 nitrogen and oxygen atoms in total. The minimum absolute atomic E-state index is 0.121. The minimum atomic E-state index is -1.89. The maximum atomic E-state index is 12.5. The summed E-state index contributed by atoms with van der Waals surface area (Å²) in [5.74, 6) is 0.0525. The second-order valence-corrected chi connectivity index (χ2v) is 8.41. The van der Waals surface area contributed by atoms with Crippen LogP contribution in [0.3, 0.4) is 0 Å². The SMILES string of the molecule is COc1ccccc1NC(=S)NC(NC(=O)c1ccccc1Cl)C(Cl)(Cl)Cl. The number of rotatable bonds is 5. The van der Waals surface area contributed by atoms with Crippen molar-refractivity contribution in [1.29, 1.82) is 0 Å². The molecule has 0 aromatic heterocycles. The van der Waals surface area contributed by atoms with Crippen molar-refractivity contribution in [3.8, 4) is 5.75 Å². The molecular formula is C17H15Cl4N3O2S. The van der Waals surface area contributed by atoms with Gasteiger partial charge in [0.25, 0.3) is 5.91 Å². The number of carbonyl (C=O) groups excluding carboxylic acids is 1. The normalized spacial score (nSPS) is 12.0. The van der Waals surface area contributed by atoms with Crippen LogP contribution in [0.2, 0.25) is 5.02 Å². The average Bonchev–Trinajstić information content (AvgIpc) is 2.61. The average molecular weight is 467 g/mol. The van der Waals surface area contributed by atoms with Gasteiger partial charge in [-0.2, -0.15) is 0 Å². The number of alkyl halides is 3. The number of carbonyl (C=O) groups is 1. The maximum Gasteiger partial charge on any atom is 0.254 e. The van der Waals surface area contributed by atoms with Crippen LogP contribution in [0.5, 0.6) is 5.75 Å². The van der Waals surface area contributed by atoms with E-state index < -0.39 is 15.9 Å². The van der Waals surface area contributed by atoms with Crippen molar-refractivity contribution in [2.75, 3.05) is 12.4 Å². The number of ether oxygens (including phenoxy) is 1. The first-order valence-corrected chi connectivity index (χ1v) is 9.47. The molecule has 0 spiro atoms. The summed E-state index contributed by atoms with van der Waals surface area (Å²) in [7, 11) is 1.53. The van der Waals surface area contributed by atoms with Gasteiger partial charge in [0, 0.05) is 0 Å². The molecule has 0 radical (unpaired) electrons. The predicted molar refractivity (Wildman–Crippen MR) is 115 cm³/mol. The van der Waals surface area contributed by atoms with Crippen LogP contribution in [0.15, 0.2) is 48.5 Å². The summed E-state index contributed by atoms with van der Waals surface area (Å²) in [6.45, 7) is 0. The third kappa shape index (κ3) is 6.30. The molecule has 1 unspecified atom stereocenters. The summed E-state index contributed by atoms with van der Waals surface area (Å²) in [5, 5.41) is 8.66. The smallest absolute Gasteiger partial charge is 0.254 e. The Labute approximate surface area is 182 Å². The van der Waals surface area contributed by atoms with Gasteiger partial charge in [0.05, 0.1) is 23.4 Å². The number of anilines is 1. The summed E-state index contributed by atoms with van der Waals surface area (Å²) in [6, 6.07) is 13.7. The first-order chi connectivity index (χ1) is 12.7. The fourth-order valence-corrected chi connectivity index (χ4v) is 2.87. The predicted octanol–water partition coefficient (Wildman–Crippen LogP) is 4.76. The van der Waals surface area contributed by atoms with E-state index in [1.54, 1.807) is 42.5 Å². The van der Waals surface area contributed by atoms with Gasteiger partial charge < -0.3 is 20.7 Å². The van der Waals surface area contributed by atoms with Crippen LogP contribution in [0.25, 0.3) is 0 Å². The molecule has 0 saturated carbocycles. The Morgan fingerprint density at radius 1 is 1.07 bits per heavy atom. The highest BCUT2D eigenvalue weighted by molar-refractivity contribution is 7.80. The largest absolute Gasteiger partial charge is 0.495 e. The molecule has 144 valence electrons. The number of para-hydroxylation sites is 2. The van der Waals surface area contributed by atoms with Crippen molar-refractivity contribution in [3.05, 3.63) is 59.1 Å². The van der Waals surface area contributed by atoms with E-state index in [4.69, 9.17) is 63.4 Å². The molecule has 2 aromatic rings. The highest BCUT2D eigenvalue weighted by Gasteiger charge is 2.35. The van der Waals surface area contributed by atoms with Crippen molar-refractivity contribution in [2.45, 2.75) is 9.96 Å². The van der Waals surface area contributed by atoms with Gasteiger partial charge >= 0.3 is 0 Å². The van der Waals surface area contributed by atoms with E-state index in [-0.39, 0.29) is 15.7 Å². The molecule has 0 aliphatic heterocycles. The fraction of sp³-hybridized carbons (Fsp3) is 0.176. The maximum absolute atomic E-state index is 12.5. The van der Waals surface area contributed by atoms with Crippen molar-refractivity contribution in [2.24, 2.45) is 0 Å². The highest BCUT2D eigenvalue weighted by Crippen LogP contribution is 2.30. The second-order valence-electron chi connectivity index (χ2n) is 5.23. The van der Waals surface area contributed by atoms with E-state index in [1.165, 1.54) is 7.11 Å². The molecule has 3 N–H and O–H groups in total. The third-order valence-electron chi connectivity index (χ3n) is 3.35. The molecule has 2 aromatic carbocycles. The summed E-state index contributed by atoms with van der Waals surface area (Å²) in [5.41, 5.74) is 0.849. The molecule has 27 heavy (non-hydrogen) atoms. The number of benzene rings is 2. The van der Waals surface area contributed by atoms with Gasteiger partial charge in [-0.05, 0) is 36.5 Å². The number of hydrogen-bond acceptors (Lipinski definition) is 3. The summed E-state index contributed by atoms with van der Waals surface area (Å²) >= 11 is 29.2. The standard InChI is InChI=1S/C17H15Cl4N3O2S/c1-26-13-9-5-4-8-12(13)22-16(27)24-15(17(19,20)21)23-14(25)10-6-2-3-7-11(10)18/h2-9,15H,1H3,(H,23,25)(H2,22,24,27). The highest BCUT2D eigenvalue weighted by atomic mass is 35.6. The molecule has 0 heterocycles. The zero-order chi connectivity index (χ0) is 20.0. The number of halogens is 4. The lowest BCUT2D eigenvalue weighted by Crippen LogP contribution is -2.56. The summed E-state index contributed by atoms with van der Waals surface area (Å²) in [4.78, 5) is 12.5. The lowest BCUT2D eigenvalue weighted by Gasteiger charge is -2.28. The molecule has 0 aliphatic rings. The molecule has 0 fully saturated rings. The Hall–Kier alpha value is -1.44. The van der Waals surface area contributed by atoms with Crippen LogP contribution in [0.4, 0.5) is 5.69 Å². The van der Waals surface area contributed by atoms with Crippen LogP contribution in [-0.4, -0.2) is 28.1 Å². The van der Waals surface area contributed by atoms with Crippen LogP contribution in [-0.2, 0) is 0 Å². The van der Waals surface area contributed by atoms with Gasteiger partial charge in [0.15, 0.2) is 5.11 Å². The first kappa shape index (κ1) is 21.9. The van der Waals surface area contributed by atoms with Gasteiger partial charge in [-0.3, -0.25) is 4.79 Å². The van der Waals surface area contributed by atoms with Crippen LogP contribution < -0.4 is 20.7 Å². The van der Waals surface area contributed by atoms with Crippen LogP contribution in [0, 0.1) is 0 Å². The molecule has 0 aliphatic carbocycles. The number of nitrogens with one attached hydrogen (secondary N) is 3. The van der Waals surface area contributed by atoms with Crippen molar-refractivity contribution >= 4 is 75.3 Å². The van der Waals surface area contributed by atoms with Crippen LogP contribution >= 0.6 is 58.6 Å². The molecule has 1 atom stereocenters. The lowest BCUT2D eigenvalue weighted by molar-refractivity contribution is 0.0934. The van der Waals surface area contributed by atoms with E-state index in [0.717, 1.165) is 0 Å². The van der Waals surface area contributed by atoms with Crippen molar-refractivity contribution < 1.29 is 9.53 Å². The van der Waals surface area contributed by atoms with E-state index >= 15 is 0 Å². The van der Waals surface area contributed by atoms with Gasteiger partial charge in [-0.1, -0.05) is 70.7 Å². The van der Waals surface area contributed by atoms with Crippen molar-refractivity contribution in [3.63, 3.8) is 0 Å². The van der Waals surface area contributed by atoms with Crippen molar-refractivity contribution in [1.82, 2.24) is 10.6 Å². The number of amides is 1. The Balaban J connectivity index is 2.12. The number of thiocarbonyl (C=S) groups is 1. The van der Waals surface area contributed by atoms with E-state index in [0.29, 0.717) is 11.4 Å². The Morgan fingerprint density at radius 3 is 2.33 bits per heavy atom. The second kappa shape index (κ2) is 9.66. The molecule has 2 rings (SSSR count). The molecule has 10 heteroatoms. The first-order valence-electron chi connectivity index (χ1n) is 7.55. The molecule has 0 saturated heterocycles. The van der Waals surface area contributed by atoms with E-state index in [9.17, 15) is 4.79 Å². The Bertz CT molecular complexity index is 830. The number of hydrogen-bond donors (Lipinski definition) is 3. The van der Waals surface area contributed by atoms with E-state index in [1.807, 2.05) is 6.07 Å². The summed E-state index contributed by atoms with van der Waals surface area (Å²) in [6.07, 6.45) is -1.12. The minimum Gasteiger partial charge on any atom is -0.495 e. The zero-order valence-electron chi connectivity index (χ0n) is 13.9. The fourth-order valence-electron chi connectivity index (χ4n) is 2.09.